The summed E-state index contributed by atoms with van der Waals surface area (Å²) in [6, 6.07) is 2.21. The SMILES string of the molecule is CCCNCC1CCN(CCCC#N)CC1. The third-order valence-corrected chi connectivity index (χ3v) is 3.33. The van der Waals surface area contributed by atoms with Crippen molar-refractivity contribution in [3.63, 3.8) is 0 Å². The Kier molecular flexibility index (Phi) is 7.20. The van der Waals surface area contributed by atoms with E-state index >= 15 is 0 Å². The van der Waals surface area contributed by atoms with E-state index < -0.39 is 0 Å². The van der Waals surface area contributed by atoms with E-state index in [4.69, 9.17) is 5.26 Å². The van der Waals surface area contributed by atoms with Crippen molar-refractivity contribution in [1.82, 2.24) is 10.2 Å². The van der Waals surface area contributed by atoms with Crippen molar-refractivity contribution in [3.05, 3.63) is 0 Å². The van der Waals surface area contributed by atoms with Gasteiger partial charge in [0.15, 0.2) is 0 Å². The van der Waals surface area contributed by atoms with E-state index in [0.29, 0.717) is 6.42 Å². The lowest BCUT2D eigenvalue weighted by molar-refractivity contribution is 0.181. The Hall–Kier alpha value is -0.590. The molecule has 1 aliphatic rings. The Morgan fingerprint density at radius 1 is 1.38 bits per heavy atom. The minimum atomic E-state index is 0.706. The van der Waals surface area contributed by atoms with E-state index in [1.165, 1.54) is 38.9 Å². The van der Waals surface area contributed by atoms with E-state index in [2.05, 4.69) is 23.2 Å². The lowest BCUT2D eigenvalue weighted by Gasteiger charge is -2.31. The van der Waals surface area contributed by atoms with Crippen molar-refractivity contribution >= 4 is 0 Å². The summed E-state index contributed by atoms with van der Waals surface area (Å²) in [5.41, 5.74) is 0. The predicted molar refractivity (Wildman–Crippen MR) is 67.2 cm³/mol. The highest BCUT2D eigenvalue weighted by molar-refractivity contribution is 4.75. The number of nitriles is 1. The van der Waals surface area contributed by atoms with E-state index in [9.17, 15) is 0 Å². The van der Waals surface area contributed by atoms with Gasteiger partial charge in [-0.15, -0.1) is 0 Å². The zero-order valence-corrected chi connectivity index (χ0v) is 10.5. The van der Waals surface area contributed by atoms with Crippen LogP contribution in [-0.2, 0) is 0 Å². The second-order valence-corrected chi connectivity index (χ2v) is 4.75. The molecule has 1 rings (SSSR count). The first kappa shape index (κ1) is 13.5. The Labute approximate surface area is 99.8 Å². The summed E-state index contributed by atoms with van der Waals surface area (Å²) < 4.78 is 0. The van der Waals surface area contributed by atoms with Crippen molar-refractivity contribution in [2.24, 2.45) is 5.92 Å². The fourth-order valence-corrected chi connectivity index (χ4v) is 2.28. The molecule has 0 aliphatic carbocycles. The van der Waals surface area contributed by atoms with Gasteiger partial charge in [0.2, 0.25) is 0 Å². The van der Waals surface area contributed by atoms with Crippen LogP contribution in [0.2, 0.25) is 0 Å². The Morgan fingerprint density at radius 3 is 2.75 bits per heavy atom. The second kappa shape index (κ2) is 8.55. The van der Waals surface area contributed by atoms with Crippen molar-refractivity contribution in [1.29, 1.82) is 5.26 Å². The van der Waals surface area contributed by atoms with Crippen LogP contribution in [0, 0.1) is 17.2 Å². The second-order valence-electron chi connectivity index (χ2n) is 4.75. The van der Waals surface area contributed by atoms with E-state index in [0.717, 1.165) is 25.4 Å². The van der Waals surface area contributed by atoms with E-state index in [1.54, 1.807) is 0 Å². The topological polar surface area (TPSA) is 39.1 Å². The van der Waals surface area contributed by atoms with Crippen LogP contribution in [0.25, 0.3) is 0 Å². The molecule has 1 aliphatic heterocycles. The summed E-state index contributed by atoms with van der Waals surface area (Å²) in [7, 11) is 0. The van der Waals surface area contributed by atoms with Crippen LogP contribution < -0.4 is 5.32 Å². The molecule has 16 heavy (non-hydrogen) atoms. The standard InChI is InChI=1S/C13H25N3/c1-2-8-15-12-13-5-10-16(11-6-13)9-4-3-7-14/h13,15H,2-6,8-12H2,1H3. The maximum atomic E-state index is 8.48. The summed E-state index contributed by atoms with van der Waals surface area (Å²) in [4.78, 5) is 2.51. The molecule has 0 aromatic carbocycles. The van der Waals surface area contributed by atoms with Gasteiger partial charge in [-0.3, -0.25) is 0 Å². The van der Waals surface area contributed by atoms with Crippen molar-refractivity contribution in [2.45, 2.75) is 39.0 Å². The van der Waals surface area contributed by atoms with E-state index in [1.807, 2.05) is 0 Å². The molecule has 3 nitrogen and oxygen atoms in total. The lowest BCUT2D eigenvalue weighted by Crippen LogP contribution is -2.37. The predicted octanol–water partition coefficient (Wildman–Crippen LogP) is 2.00. The molecule has 3 heteroatoms. The van der Waals surface area contributed by atoms with Crippen LogP contribution in [0.3, 0.4) is 0 Å². The quantitative estimate of drug-likeness (QED) is 0.671. The molecule has 0 radical (unpaired) electrons. The van der Waals surface area contributed by atoms with Crippen LogP contribution in [0.5, 0.6) is 0 Å². The van der Waals surface area contributed by atoms with Crippen molar-refractivity contribution in [3.8, 4) is 6.07 Å². The molecule has 0 unspecified atom stereocenters. The van der Waals surface area contributed by atoms with Gasteiger partial charge in [0.1, 0.15) is 0 Å². The number of piperidine rings is 1. The van der Waals surface area contributed by atoms with Gasteiger partial charge in [0, 0.05) is 6.42 Å². The number of likely N-dealkylation sites (tertiary alicyclic amines) is 1. The monoisotopic (exact) mass is 223 g/mol. The zero-order valence-electron chi connectivity index (χ0n) is 10.5. The number of rotatable bonds is 7. The van der Waals surface area contributed by atoms with Crippen LogP contribution in [0.4, 0.5) is 0 Å². The fourth-order valence-electron chi connectivity index (χ4n) is 2.28. The van der Waals surface area contributed by atoms with Crippen molar-refractivity contribution < 1.29 is 0 Å². The number of nitrogens with one attached hydrogen (secondary N) is 1. The minimum absolute atomic E-state index is 0.706. The molecule has 0 atom stereocenters. The van der Waals surface area contributed by atoms with Crippen LogP contribution in [0.1, 0.15) is 39.0 Å². The molecule has 0 saturated carbocycles. The molecule has 0 aromatic rings. The average Bonchev–Trinajstić information content (AvgIpc) is 2.32. The molecule has 0 amide bonds. The van der Waals surface area contributed by atoms with Gasteiger partial charge >= 0.3 is 0 Å². The highest BCUT2D eigenvalue weighted by atomic mass is 15.1. The van der Waals surface area contributed by atoms with Crippen molar-refractivity contribution in [2.75, 3.05) is 32.7 Å². The molecule has 0 aromatic heterocycles. The molecular weight excluding hydrogens is 198 g/mol. The smallest absolute Gasteiger partial charge is 0.0622 e. The molecule has 1 saturated heterocycles. The van der Waals surface area contributed by atoms with Gasteiger partial charge in [-0.05, 0) is 64.3 Å². The summed E-state index contributed by atoms with van der Waals surface area (Å²) in [5.74, 6) is 0.874. The van der Waals surface area contributed by atoms with Crippen LogP contribution in [-0.4, -0.2) is 37.6 Å². The van der Waals surface area contributed by atoms with Crippen LogP contribution in [0.15, 0.2) is 0 Å². The van der Waals surface area contributed by atoms with Gasteiger partial charge in [0.25, 0.3) is 0 Å². The lowest BCUT2D eigenvalue weighted by atomic mass is 9.96. The van der Waals surface area contributed by atoms with Gasteiger partial charge in [-0.2, -0.15) is 5.26 Å². The number of hydrogen-bond donors (Lipinski definition) is 1. The Bertz CT molecular complexity index is 202. The van der Waals surface area contributed by atoms with Gasteiger partial charge in [-0.1, -0.05) is 6.92 Å². The third-order valence-electron chi connectivity index (χ3n) is 3.33. The molecule has 0 spiro atoms. The highest BCUT2D eigenvalue weighted by Gasteiger charge is 2.17. The summed E-state index contributed by atoms with van der Waals surface area (Å²) >= 11 is 0. The molecule has 1 heterocycles. The first-order valence-electron chi connectivity index (χ1n) is 6.66. The molecule has 1 fully saturated rings. The fraction of sp³-hybridized carbons (Fsp3) is 0.923. The summed E-state index contributed by atoms with van der Waals surface area (Å²) in [6.45, 7) is 8.13. The number of hydrogen-bond acceptors (Lipinski definition) is 3. The number of unbranched alkanes of at least 4 members (excludes halogenated alkanes) is 1. The van der Waals surface area contributed by atoms with Gasteiger partial charge < -0.3 is 10.2 Å². The first-order chi connectivity index (χ1) is 7.86. The van der Waals surface area contributed by atoms with Gasteiger partial charge in [-0.25, -0.2) is 0 Å². The maximum absolute atomic E-state index is 8.48. The first-order valence-corrected chi connectivity index (χ1v) is 6.66. The Balaban J connectivity index is 2.02. The maximum Gasteiger partial charge on any atom is 0.0622 e. The summed E-state index contributed by atoms with van der Waals surface area (Å²) in [5, 5.41) is 12.0. The molecule has 0 bridgehead atoms. The third kappa shape index (κ3) is 5.48. The largest absolute Gasteiger partial charge is 0.316 e. The zero-order chi connectivity index (χ0) is 11.6. The normalized spacial score (nSPS) is 18.5. The molecule has 92 valence electrons. The van der Waals surface area contributed by atoms with E-state index in [-0.39, 0.29) is 0 Å². The summed E-state index contributed by atoms with van der Waals surface area (Å²) in [6.07, 6.45) is 5.62. The molecule has 1 N–H and O–H groups in total. The minimum Gasteiger partial charge on any atom is -0.316 e. The van der Waals surface area contributed by atoms with Gasteiger partial charge in [0.05, 0.1) is 6.07 Å². The Morgan fingerprint density at radius 2 is 2.12 bits per heavy atom. The average molecular weight is 223 g/mol. The number of nitrogens with zero attached hydrogens (tertiary/aromatic N) is 2. The van der Waals surface area contributed by atoms with Crippen LogP contribution >= 0.6 is 0 Å². The highest BCUT2D eigenvalue weighted by Crippen LogP contribution is 2.16. The molecular formula is C13H25N3.